The Balaban J connectivity index is 1.41. The summed E-state index contributed by atoms with van der Waals surface area (Å²) in [6.07, 6.45) is 0.608. The van der Waals surface area contributed by atoms with Crippen molar-refractivity contribution >= 4 is 17.5 Å². The molecule has 0 aliphatic carbocycles. The van der Waals surface area contributed by atoms with Crippen LogP contribution in [0, 0.1) is 5.92 Å². The van der Waals surface area contributed by atoms with E-state index in [1.54, 1.807) is 18.2 Å². The predicted octanol–water partition coefficient (Wildman–Crippen LogP) is 2.25. The first-order valence-corrected chi connectivity index (χ1v) is 10.3. The van der Waals surface area contributed by atoms with Crippen LogP contribution in [0.3, 0.4) is 0 Å². The monoisotopic (exact) mass is 409 g/mol. The minimum atomic E-state index is -0.648. The lowest BCUT2D eigenvalue weighted by molar-refractivity contribution is -0.128. The average molecular weight is 409 g/mol. The van der Waals surface area contributed by atoms with Crippen molar-refractivity contribution in [2.45, 2.75) is 38.9 Å². The summed E-state index contributed by atoms with van der Waals surface area (Å²) in [6, 6.07) is 12.4. The molecule has 2 aliphatic heterocycles. The van der Waals surface area contributed by atoms with Crippen LogP contribution >= 0.6 is 0 Å². The maximum absolute atomic E-state index is 12.9. The molecule has 0 saturated carbocycles. The third-order valence-corrected chi connectivity index (χ3v) is 5.45. The lowest BCUT2D eigenvalue weighted by atomic mass is 9.94. The van der Waals surface area contributed by atoms with Crippen LogP contribution in [0.2, 0.25) is 0 Å². The minimum Gasteiger partial charge on any atom is -0.486 e. The van der Waals surface area contributed by atoms with Crippen molar-refractivity contribution in [2.75, 3.05) is 18.5 Å². The van der Waals surface area contributed by atoms with E-state index < -0.39 is 6.04 Å². The third kappa shape index (κ3) is 4.41. The van der Waals surface area contributed by atoms with Crippen molar-refractivity contribution < 1.29 is 19.1 Å². The second kappa shape index (κ2) is 8.75. The van der Waals surface area contributed by atoms with Gasteiger partial charge in [0.05, 0.1) is 6.04 Å². The number of nitrogens with one attached hydrogen (secondary N) is 3. The van der Waals surface area contributed by atoms with Crippen LogP contribution in [0.1, 0.15) is 25.0 Å². The maximum Gasteiger partial charge on any atom is 0.247 e. The van der Waals surface area contributed by atoms with E-state index in [2.05, 4.69) is 22.0 Å². The topological polar surface area (TPSA) is 88.7 Å². The Morgan fingerprint density at radius 3 is 2.53 bits per heavy atom. The standard InChI is InChI=1S/C23H27N3O4/c1-14(2)21(23(28)25-17-7-8-19-20(12-17)30-10-9-29-19)26-22(27)18-11-15-5-3-4-6-16(15)13-24-18/h3-8,12,14,18,21,24H,9-11,13H2,1-2H3,(H,25,28)(H,26,27)/t18-,21-/m1/s1. The number of anilines is 1. The van der Waals surface area contributed by atoms with Gasteiger partial charge < -0.3 is 25.4 Å². The Hall–Kier alpha value is -3.06. The zero-order valence-corrected chi connectivity index (χ0v) is 17.2. The van der Waals surface area contributed by atoms with Gasteiger partial charge in [-0.1, -0.05) is 38.1 Å². The number of rotatable bonds is 5. The molecule has 4 rings (SSSR count). The summed E-state index contributed by atoms with van der Waals surface area (Å²) < 4.78 is 11.1. The van der Waals surface area contributed by atoms with Gasteiger partial charge >= 0.3 is 0 Å². The molecule has 7 nitrogen and oxygen atoms in total. The molecule has 2 amide bonds. The number of carbonyl (C=O) groups is 2. The summed E-state index contributed by atoms with van der Waals surface area (Å²) in [6.45, 7) is 5.46. The second-order valence-corrected chi connectivity index (χ2v) is 7.98. The molecule has 3 N–H and O–H groups in total. The summed E-state index contributed by atoms with van der Waals surface area (Å²) in [5.41, 5.74) is 2.98. The number of hydrogen-bond donors (Lipinski definition) is 3. The fourth-order valence-corrected chi connectivity index (χ4v) is 3.77. The van der Waals surface area contributed by atoms with Gasteiger partial charge in [0.1, 0.15) is 19.3 Å². The molecule has 0 spiro atoms. The first-order chi connectivity index (χ1) is 14.5. The number of carbonyl (C=O) groups excluding carboxylic acids is 2. The molecule has 0 saturated heterocycles. The summed E-state index contributed by atoms with van der Waals surface area (Å²) in [5, 5.41) is 9.09. The van der Waals surface area contributed by atoms with Crippen LogP contribution in [-0.4, -0.2) is 37.1 Å². The van der Waals surface area contributed by atoms with Crippen molar-refractivity contribution in [3.05, 3.63) is 53.6 Å². The van der Waals surface area contributed by atoms with Gasteiger partial charge in [0.15, 0.2) is 11.5 Å². The number of fused-ring (bicyclic) bond motifs is 2. The van der Waals surface area contributed by atoms with Crippen molar-refractivity contribution in [3.8, 4) is 11.5 Å². The molecule has 0 fully saturated rings. The number of hydrogen-bond acceptors (Lipinski definition) is 5. The molecule has 30 heavy (non-hydrogen) atoms. The largest absolute Gasteiger partial charge is 0.486 e. The van der Waals surface area contributed by atoms with Gasteiger partial charge in [0, 0.05) is 18.3 Å². The second-order valence-electron chi connectivity index (χ2n) is 7.98. The van der Waals surface area contributed by atoms with E-state index in [0.717, 1.165) is 0 Å². The van der Waals surface area contributed by atoms with E-state index in [1.807, 2.05) is 32.0 Å². The van der Waals surface area contributed by atoms with Crippen molar-refractivity contribution in [2.24, 2.45) is 5.92 Å². The lowest BCUT2D eigenvalue weighted by Gasteiger charge is -2.28. The smallest absolute Gasteiger partial charge is 0.247 e. The third-order valence-electron chi connectivity index (χ3n) is 5.45. The fraction of sp³-hybridized carbons (Fsp3) is 0.391. The summed E-state index contributed by atoms with van der Waals surface area (Å²) >= 11 is 0. The molecular formula is C23H27N3O4. The van der Waals surface area contributed by atoms with Gasteiger partial charge in [0.2, 0.25) is 11.8 Å². The molecule has 2 aliphatic rings. The number of ether oxygens (including phenoxy) is 2. The van der Waals surface area contributed by atoms with E-state index in [-0.39, 0.29) is 23.8 Å². The molecule has 2 aromatic rings. The van der Waals surface area contributed by atoms with Gasteiger partial charge in [-0.3, -0.25) is 9.59 Å². The van der Waals surface area contributed by atoms with E-state index in [4.69, 9.17) is 9.47 Å². The van der Waals surface area contributed by atoms with Crippen LogP contribution < -0.4 is 25.4 Å². The Morgan fingerprint density at radius 1 is 1.03 bits per heavy atom. The van der Waals surface area contributed by atoms with Gasteiger partial charge in [0.25, 0.3) is 0 Å². The Labute approximate surface area is 176 Å². The van der Waals surface area contributed by atoms with Crippen molar-refractivity contribution in [3.63, 3.8) is 0 Å². The molecule has 0 unspecified atom stereocenters. The van der Waals surface area contributed by atoms with Gasteiger partial charge in [-0.15, -0.1) is 0 Å². The SMILES string of the molecule is CC(C)[C@@H](NC(=O)[C@H]1Cc2ccccc2CN1)C(=O)Nc1ccc2c(c1)OCCO2. The Bertz CT molecular complexity index is 944. The minimum absolute atomic E-state index is 0.0676. The van der Waals surface area contributed by atoms with E-state index in [0.29, 0.717) is 43.4 Å². The highest BCUT2D eigenvalue weighted by molar-refractivity contribution is 5.98. The van der Waals surface area contributed by atoms with Crippen LogP contribution in [0.15, 0.2) is 42.5 Å². The van der Waals surface area contributed by atoms with Gasteiger partial charge in [-0.2, -0.15) is 0 Å². The molecule has 0 radical (unpaired) electrons. The molecule has 2 aromatic carbocycles. The van der Waals surface area contributed by atoms with Crippen molar-refractivity contribution in [1.29, 1.82) is 0 Å². The van der Waals surface area contributed by atoms with Gasteiger partial charge in [-0.25, -0.2) is 0 Å². The van der Waals surface area contributed by atoms with E-state index in [1.165, 1.54) is 11.1 Å². The predicted molar refractivity (Wildman–Crippen MR) is 114 cm³/mol. The molecular weight excluding hydrogens is 382 g/mol. The zero-order valence-electron chi connectivity index (χ0n) is 17.2. The van der Waals surface area contributed by atoms with Crippen LogP contribution in [0.25, 0.3) is 0 Å². The Kier molecular flexibility index (Phi) is 5.90. The first-order valence-electron chi connectivity index (χ1n) is 10.3. The molecule has 0 bridgehead atoms. The average Bonchev–Trinajstić information content (AvgIpc) is 2.76. The molecule has 158 valence electrons. The van der Waals surface area contributed by atoms with Crippen LogP contribution in [-0.2, 0) is 22.6 Å². The summed E-state index contributed by atoms with van der Waals surface area (Å²) in [4.78, 5) is 25.8. The fourth-order valence-electron chi connectivity index (χ4n) is 3.77. The van der Waals surface area contributed by atoms with Crippen molar-refractivity contribution in [1.82, 2.24) is 10.6 Å². The Morgan fingerprint density at radius 2 is 1.77 bits per heavy atom. The molecule has 7 heteroatoms. The summed E-state index contributed by atoms with van der Waals surface area (Å²) in [5.74, 6) is 0.777. The molecule has 2 atom stereocenters. The maximum atomic E-state index is 12.9. The highest BCUT2D eigenvalue weighted by Crippen LogP contribution is 2.32. The number of amides is 2. The molecule has 0 aromatic heterocycles. The quantitative estimate of drug-likeness (QED) is 0.705. The summed E-state index contributed by atoms with van der Waals surface area (Å²) in [7, 11) is 0. The normalized spacial score (nSPS) is 18.3. The van der Waals surface area contributed by atoms with Gasteiger partial charge in [-0.05, 0) is 35.6 Å². The van der Waals surface area contributed by atoms with E-state index >= 15 is 0 Å². The van der Waals surface area contributed by atoms with Crippen LogP contribution in [0.5, 0.6) is 11.5 Å². The highest BCUT2D eigenvalue weighted by atomic mass is 16.6. The lowest BCUT2D eigenvalue weighted by Crippen LogP contribution is -2.54. The van der Waals surface area contributed by atoms with Crippen LogP contribution in [0.4, 0.5) is 5.69 Å². The highest BCUT2D eigenvalue weighted by Gasteiger charge is 2.30. The number of benzene rings is 2. The molecule has 2 heterocycles. The zero-order chi connectivity index (χ0) is 21.1. The van der Waals surface area contributed by atoms with E-state index in [9.17, 15) is 9.59 Å². The first kappa shape index (κ1) is 20.2.